The van der Waals surface area contributed by atoms with E-state index in [-0.39, 0.29) is 18.5 Å². The molecule has 3 heterocycles. The summed E-state index contributed by atoms with van der Waals surface area (Å²) in [5, 5.41) is 19.7. The zero-order valence-electron chi connectivity index (χ0n) is 14.6. The third-order valence-electron chi connectivity index (χ3n) is 5.94. The van der Waals surface area contributed by atoms with Gasteiger partial charge in [-0.1, -0.05) is 11.6 Å². The van der Waals surface area contributed by atoms with Crippen LogP contribution in [0.15, 0.2) is 18.3 Å². The molecule has 0 saturated carbocycles. The highest BCUT2D eigenvalue weighted by molar-refractivity contribution is 6.31. The smallest absolute Gasteiger partial charge is 0.317 e. The highest BCUT2D eigenvalue weighted by atomic mass is 35.5. The van der Waals surface area contributed by atoms with Gasteiger partial charge in [-0.15, -0.1) is 0 Å². The number of halogens is 2. The molecule has 4 rings (SSSR count). The standard InChI is InChI=1S/C18H22ClFN4O2/c1-18(12-2-6-23(7-3-12)17(26)21-5-4-20)16(25)14-9-13(19)8-11-10-22-24(18)15(11)14/h8-10,12,16,25H,2-7H2,1H3,(H,21,26)/t16-,18?/m1/s1. The zero-order chi connectivity index (χ0) is 18.5. The summed E-state index contributed by atoms with van der Waals surface area (Å²) in [5.74, 6) is 0.164. The van der Waals surface area contributed by atoms with Gasteiger partial charge in [0.15, 0.2) is 0 Å². The second-order valence-electron chi connectivity index (χ2n) is 7.30. The SMILES string of the molecule is CC1(C2CCN(C(=O)NCCF)CC2)[C@H](O)c2cc(Cl)cc3cnn1c23. The van der Waals surface area contributed by atoms with Gasteiger partial charge in [0.2, 0.25) is 0 Å². The summed E-state index contributed by atoms with van der Waals surface area (Å²) < 4.78 is 14.2. The van der Waals surface area contributed by atoms with Crippen LogP contribution in [0.1, 0.15) is 31.4 Å². The lowest BCUT2D eigenvalue weighted by Gasteiger charge is -2.42. The first-order valence-electron chi connectivity index (χ1n) is 8.91. The molecule has 0 bridgehead atoms. The maximum absolute atomic E-state index is 12.2. The van der Waals surface area contributed by atoms with Crippen molar-refractivity contribution >= 4 is 28.5 Å². The molecule has 1 aromatic heterocycles. The summed E-state index contributed by atoms with van der Waals surface area (Å²) >= 11 is 6.20. The van der Waals surface area contributed by atoms with Crippen molar-refractivity contribution in [1.82, 2.24) is 20.0 Å². The number of aliphatic hydroxyl groups excluding tert-OH is 1. The third kappa shape index (κ3) is 2.48. The summed E-state index contributed by atoms with van der Waals surface area (Å²) in [5.41, 5.74) is 1.18. The molecule has 2 aromatic rings. The number of alkyl halides is 1. The van der Waals surface area contributed by atoms with E-state index >= 15 is 0 Å². The van der Waals surface area contributed by atoms with Gasteiger partial charge in [-0.05, 0) is 37.8 Å². The van der Waals surface area contributed by atoms with Crippen molar-refractivity contribution < 1.29 is 14.3 Å². The first kappa shape index (κ1) is 17.5. The minimum absolute atomic E-state index is 0.0382. The number of carbonyl (C=O) groups is 1. The molecule has 26 heavy (non-hydrogen) atoms. The molecule has 0 radical (unpaired) electrons. The number of urea groups is 1. The van der Waals surface area contributed by atoms with Gasteiger partial charge >= 0.3 is 6.03 Å². The van der Waals surface area contributed by atoms with E-state index in [1.54, 1.807) is 11.1 Å². The van der Waals surface area contributed by atoms with Crippen LogP contribution in [-0.4, -0.2) is 52.1 Å². The highest BCUT2D eigenvalue weighted by Crippen LogP contribution is 2.51. The lowest BCUT2D eigenvalue weighted by molar-refractivity contribution is -0.0116. The fraction of sp³-hybridized carbons (Fsp3) is 0.556. The van der Waals surface area contributed by atoms with Crippen LogP contribution in [0.3, 0.4) is 0 Å². The third-order valence-corrected chi connectivity index (χ3v) is 6.16. The van der Waals surface area contributed by atoms with Crippen LogP contribution in [0, 0.1) is 5.92 Å². The average molecular weight is 381 g/mol. The first-order chi connectivity index (χ1) is 12.5. The van der Waals surface area contributed by atoms with Crippen LogP contribution in [0.25, 0.3) is 10.9 Å². The van der Waals surface area contributed by atoms with Gasteiger partial charge in [0, 0.05) is 35.6 Å². The van der Waals surface area contributed by atoms with Crippen molar-refractivity contribution in [3.8, 4) is 0 Å². The summed E-state index contributed by atoms with van der Waals surface area (Å²) in [4.78, 5) is 13.7. The van der Waals surface area contributed by atoms with E-state index in [4.69, 9.17) is 11.6 Å². The van der Waals surface area contributed by atoms with Gasteiger partial charge in [-0.25, -0.2) is 9.18 Å². The van der Waals surface area contributed by atoms with Crippen molar-refractivity contribution in [3.05, 3.63) is 28.9 Å². The Balaban J connectivity index is 1.56. The Hall–Kier alpha value is -1.86. The maximum atomic E-state index is 12.2. The molecule has 2 aliphatic rings. The minimum atomic E-state index is -0.690. The number of carbonyl (C=O) groups excluding carboxylic acids is 1. The Bertz CT molecular complexity index is 849. The monoisotopic (exact) mass is 380 g/mol. The first-order valence-corrected chi connectivity index (χ1v) is 9.29. The van der Waals surface area contributed by atoms with Gasteiger partial charge in [0.05, 0.1) is 17.3 Å². The van der Waals surface area contributed by atoms with Crippen LogP contribution in [0.4, 0.5) is 9.18 Å². The largest absolute Gasteiger partial charge is 0.386 e. The van der Waals surface area contributed by atoms with Gasteiger partial charge < -0.3 is 15.3 Å². The molecular weight excluding hydrogens is 359 g/mol. The summed E-state index contributed by atoms with van der Waals surface area (Å²) in [7, 11) is 0. The second kappa shape index (κ2) is 6.39. The Kier molecular flexibility index (Phi) is 4.31. The molecular formula is C18H22ClFN4O2. The van der Waals surface area contributed by atoms with E-state index in [2.05, 4.69) is 10.4 Å². The number of likely N-dealkylation sites (tertiary alicyclic amines) is 1. The van der Waals surface area contributed by atoms with Crippen LogP contribution in [-0.2, 0) is 5.54 Å². The molecule has 2 atom stereocenters. The van der Waals surface area contributed by atoms with Crippen molar-refractivity contribution in [2.45, 2.75) is 31.4 Å². The quantitative estimate of drug-likeness (QED) is 0.860. The molecule has 140 valence electrons. The van der Waals surface area contributed by atoms with Crippen LogP contribution in [0.2, 0.25) is 5.02 Å². The highest BCUT2D eigenvalue weighted by Gasteiger charge is 2.50. The number of aromatic nitrogens is 2. The van der Waals surface area contributed by atoms with E-state index in [0.29, 0.717) is 18.1 Å². The predicted octanol–water partition coefficient (Wildman–Crippen LogP) is 2.84. The van der Waals surface area contributed by atoms with Crippen molar-refractivity contribution in [2.24, 2.45) is 5.92 Å². The van der Waals surface area contributed by atoms with E-state index in [1.807, 2.05) is 23.7 Å². The fourth-order valence-electron chi connectivity index (χ4n) is 4.50. The molecule has 0 aliphatic carbocycles. The van der Waals surface area contributed by atoms with Crippen LogP contribution >= 0.6 is 11.6 Å². The van der Waals surface area contributed by atoms with Crippen LogP contribution < -0.4 is 5.32 Å². The summed E-state index contributed by atoms with van der Waals surface area (Å²) in [6, 6.07) is 3.45. The molecule has 2 aliphatic heterocycles. The molecule has 1 unspecified atom stereocenters. The molecule has 2 N–H and O–H groups in total. The number of amides is 2. The van der Waals surface area contributed by atoms with Gasteiger partial charge in [0.1, 0.15) is 12.8 Å². The van der Waals surface area contributed by atoms with E-state index < -0.39 is 18.3 Å². The fourth-order valence-corrected chi connectivity index (χ4v) is 4.73. The van der Waals surface area contributed by atoms with E-state index in [1.165, 1.54) is 0 Å². The molecule has 1 aromatic carbocycles. The normalized spacial score (nSPS) is 25.8. The van der Waals surface area contributed by atoms with Gasteiger partial charge in [-0.2, -0.15) is 5.10 Å². The van der Waals surface area contributed by atoms with Crippen molar-refractivity contribution in [2.75, 3.05) is 26.3 Å². The number of hydrogen-bond donors (Lipinski definition) is 2. The number of nitrogens with zero attached hydrogens (tertiary/aromatic N) is 3. The van der Waals surface area contributed by atoms with E-state index in [0.717, 1.165) is 29.3 Å². The summed E-state index contributed by atoms with van der Waals surface area (Å²) in [6.07, 6.45) is 2.60. The Labute approximate surface area is 155 Å². The Morgan fingerprint density at radius 3 is 2.88 bits per heavy atom. The predicted molar refractivity (Wildman–Crippen MR) is 97.0 cm³/mol. The van der Waals surface area contributed by atoms with Crippen molar-refractivity contribution in [3.63, 3.8) is 0 Å². The van der Waals surface area contributed by atoms with Gasteiger partial charge in [0.25, 0.3) is 0 Å². The second-order valence-corrected chi connectivity index (χ2v) is 7.74. The number of rotatable bonds is 3. The number of nitrogens with one attached hydrogen (secondary N) is 1. The molecule has 1 fully saturated rings. The zero-order valence-corrected chi connectivity index (χ0v) is 15.3. The molecule has 8 heteroatoms. The molecule has 0 spiro atoms. The van der Waals surface area contributed by atoms with E-state index in [9.17, 15) is 14.3 Å². The minimum Gasteiger partial charge on any atom is -0.386 e. The number of benzene rings is 1. The number of hydrogen-bond acceptors (Lipinski definition) is 3. The van der Waals surface area contributed by atoms with Gasteiger partial charge in [-0.3, -0.25) is 4.68 Å². The van der Waals surface area contributed by atoms with Crippen molar-refractivity contribution in [1.29, 1.82) is 0 Å². The van der Waals surface area contributed by atoms with Crippen LogP contribution in [0.5, 0.6) is 0 Å². The summed E-state index contributed by atoms with van der Waals surface area (Å²) in [6.45, 7) is 2.65. The average Bonchev–Trinajstić information content (AvgIpc) is 3.16. The molecule has 6 nitrogen and oxygen atoms in total. The number of piperidine rings is 1. The molecule has 1 saturated heterocycles. The molecule has 2 amide bonds. The number of aliphatic hydroxyl groups is 1. The topological polar surface area (TPSA) is 70.4 Å². The Morgan fingerprint density at radius 2 is 2.19 bits per heavy atom. The lowest BCUT2D eigenvalue weighted by atomic mass is 9.75. The Morgan fingerprint density at radius 1 is 1.46 bits per heavy atom. The maximum Gasteiger partial charge on any atom is 0.317 e. The lowest BCUT2D eigenvalue weighted by Crippen LogP contribution is -2.50.